The Morgan fingerprint density at radius 3 is 2.81 bits per heavy atom. The van der Waals surface area contributed by atoms with Gasteiger partial charge in [-0.05, 0) is 31.5 Å². The van der Waals surface area contributed by atoms with E-state index in [4.69, 9.17) is 9.84 Å². The number of ether oxygens (including phenoxy) is 1. The lowest BCUT2D eigenvalue weighted by atomic mass is 10.1. The minimum Gasteiger partial charge on any atom is -0.491 e. The van der Waals surface area contributed by atoms with Crippen LogP contribution in [0.2, 0.25) is 0 Å². The molecule has 6 heteroatoms. The first-order valence-corrected chi connectivity index (χ1v) is 6.79. The van der Waals surface area contributed by atoms with Gasteiger partial charge in [0.05, 0.1) is 18.7 Å². The van der Waals surface area contributed by atoms with Crippen LogP contribution in [0.3, 0.4) is 0 Å². The van der Waals surface area contributed by atoms with Crippen molar-refractivity contribution in [1.82, 2.24) is 0 Å². The number of hydrogen-bond acceptors (Lipinski definition) is 4. The van der Waals surface area contributed by atoms with E-state index in [1.165, 1.54) is 11.8 Å². The van der Waals surface area contributed by atoms with E-state index in [0.29, 0.717) is 30.0 Å². The van der Waals surface area contributed by atoms with Crippen molar-refractivity contribution in [2.24, 2.45) is 0 Å². The number of carbonyl (C=O) groups is 3. The Labute approximate surface area is 122 Å². The average Bonchev–Trinajstić information content (AvgIpc) is 2.57. The van der Waals surface area contributed by atoms with Crippen molar-refractivity contribution in [3.05, 3.63) is 23.8 Å². The van der Waals surface area contributed by atoms with Gasteiger partial charge in [-0.3, -0.25) is 14.4 Å². The Morgan fingerprint density at radius 1 is 1.38 bits per heavy atom. The first kappa shape index (κ1) is 15.0. The lowest BCUT2D eigenvalue weighted by molar-refractivity contribution is -0.137. The standard InChI is InChI=1S/C15H17NO5/c1-10(17)11-4-5-13-12(9-11)16(7-2-3-15(19)20)14(18)6-8-21-13/h4-5,9H,2-3,6-8H2,1H3,(H,19,20). The molecule has 1 aromatic carbocycles. The van der Waals surface area contributed by atoms with Crippen molar-refractivity contribution >= 4 is 23.3 Å². The molecule has 1 aromatic rings. The molecule has 1 amide bonds. The fourth-order valence-electron chi connectivity index (χ4n) is 2.22. The number of nitrogens with zero attached hydrogens (tertiary/aromatic N) is 1. The summed E-state index contributed by atoms with van der Waals surface area (Å²) in [7, 11) is 0. The number of anilines is 1. The molecule has 0 unspecified atom stereocenters. The smallest absolute Gasteiger partial charge is 0.303 e. The van der Waals surface area contributed by atoms with E-state index in [1.54, 1.807) is 18.2 Å². The van der Waals surface area contributed by atoms with E-state index in [-0.39, 0.29) is 31.1 Å². The summed E-state index contributed by atoms with van der Waals surface area (Å²) < 4.78 is 5.52. The van der Waals surface area contributed by atoms with Crippen molar-refractivity contribution in [2.75, 3.05) is 18.1 Å². The molecule has 0 radical (unpaired) electrons. The summed E-state index contributed by atoms with van der Waals surface area (Å²) >= 11 is 0. The highest BCUT2D eigenvalue weighted by Crippen LogP contribution is 2.32. The molecule has 112 valence electrons. The quantitative estimate of drug-likeness (QED) is 0.837. The average molecular weight is 291 g/mol. The third-order valence-electron chi connectivity index (χ3n) is 3.30. The van der Waals surface area contributed by atoms with E-state index in [2.05, 4.69) is 0 Å². The van der Waals surface area contributed by atoms with E-state index in [0.717, 1.165) is 0 Å². The zero-order chi connectivity index (χ0) is 15.4. The van der Waals surface area contributed by atoms with Gasteiger partial charge in [-0.2, -0.15) is 0 Å². The van der Waals surface area contributed by atoms with Crippen LogP contribution in [0.25, 0.3) is 0 Å². The molecular formula is C15H17NO5. The van der Waals surface area contributed by atoms with Crippen LogP contribution in [0.1, 0.15) is 36.5 Å². The molecule has 0 bridgehead atoms. The lowest BCUT2D eigenvalue weighted by Crippen LogP contribution is -2.31. The van der Waals surface area contributed by atoms with Crippen LogP contribution in [0, 0.1) is 0 Å². The van der Waals surface area contributed by atoms with E-state index in [1.807, 2.05) is 0 Å². The maximum absolute atomic E-state index is 12.1. The van der Waals surface area contributed by atoms with Crippen molar-refractivity contribution < 1.29 is 24.2 Å². The molecule has 0 aromatic heterocycles. The Kier molecular flexibility index (Phi) is 4.57. The number of rotatable bonds is 5. The third-order valence-corrected chi connectivity index (χ3v) is 3.30. The van der Waals surface area contributed by atoms with Gasteiger partial charge in [0.1, 0.15) is 5.75 Å². The topological polar surface area (TPSA) is 83.9 Å². The predicted molar refractivity (Wildman–Crippen MR) is 75.8 cm³/mol. The molecule has 21 heavy (non-hydrogen) atoms. The van der Waals surface area contributed by atoms with E-state index < -0.39 is 5.97 Å². The molecule has 2 rings (SSSR count). The fourth-order valence-corrected chi connectivity index (χ4v) is 2.22. The van der Waals surface area contributed by atoms with Crippen LogP contribution in [-0.2, 0) is 9.59 Å². The molecule has 0 aliphatic carbocycles. The second-order valence-corrected chi connectivity index (χ2v) is 4.88. The molecule has 6 nitrogen and oxygen atoms in total. The van der Waals surface area contributed by atoms with Gasteiger partial charge in [-0.25, -0.2) is 0 Å². The zero-order valence-corrected chi connectivity index (χ0v) is 11.8. The Balaban J connectivity index is 2.30. The van der Waals surface area contributed by atoms with Gasteiger partial charge in [-0.1, -0.05) is 0 Å². The summed E-state index contributed by atoms with van der Waals surface area (Å²) in [5.41, 5.74) is 1.03. The van der Waals surface area contributed by atoms with Gasteiger partial charge < -0.3 is 14.7 Å². The highest BCUT2D eigenvalue weighted by atomic mass is 16.5. The molecular weight excluding hydrogens is 274 g/mol. The highest BCUT2D eigenvalue weighted by Gasteiger charge is 2.24. The number of ketones is 1. The number of amides is 1. The van der Waals surface area contributed by atoms with E-state index >= 15 is 0 Å². The normalized spacial score (nSPS) is 14.1. The first-order chi connectivity index (χ1) is 9.99. The number of carboxylic acids is 1. The SMILES string of the molecule is CC(=O)c1ccc2c(c1)N(CCCC(=O)O)C(=O)CCO2. The number of aliphatic carboxylic acids is 1. The second-order valence-electron chi connectivity index (χ2n) is 4.88. The van der Waals surface area contributed by atoms with Crippen molar-refractivity contribution in [3.8, 4) is 5.75 Å². The van der Waals surface area contributed by atoms with Gasteiger partial charge >= 0.3 is 5.97 Å². The van der Waals surface area contributed by atoms with Gasteiger partial charge in [0, 0.05) is 18.5 Å². The summed E-state index contributed by atoms with van der Waals surface area (Å²) in [5, 5.41) is 8.70. The summed E-state index contributed by atoms with van der Waals surface area (Å²) in [4.78, 5) is 35.8. The van der Waals surface area contributed by atoms with E-state index in [9.17, 15) is 14.4 Å². The minimum absolute atomic E-state index is 0.00757. The Hall–Kier alpha value is -2.37. The van der Waals surface area contributed by atoms with Crippen LogP contribution < -0.4 is 9.64 Å². The van der Waals surface area contributed by atoms with Crippen molar-refractivity contribution in [1.29, 1.82) is 0 Å². The van der Waals surface area contributed by atoms with Crippen molar-refractivity contribution in [3.63, 3.8) is 0 Å². The summed E-state index contributed by atoms with van der Waals surface area (Å²) in [5.74, 6) is -0.577. The Morgan fingerprint density at radius 2 is 2.14 bits per heavy atom. The summed E-state index contributed by atoms with van der Waals surface area (Å²) in [6, 6.07) is 4.96. The number of fused-ring (bicyclic) bond motifs is 1. The zero-order valence-electron chi connectivity index (χ0n) is 11.8. The molecule has 0 spiro atoms. The largest absolute Gasteiger partial charge is 0.491 e. The monoisotopic (exact) mass is 291 g/mol. The first-order valence-electron chi connectivity index (χ1n) is 6.79. The minimum atomic E-state index is -0.897. The molecule has 0 fully saturated rings. The summed E-state index contributed by atoms with van der Waals surface area (Å²) in [6.07, 6.45) is 0.578. The maximum atomic E-state index is 12.1. The van der Waals surface area contributed by atoms with Crippen LogP contribution in [0.5, 0.6) is 5.75 Å². The van der Waals surface area contributed by atoms with Crippen LogP contribution >= 0.6 is 0 Å². The molecule has 1 aliphatic rings. The fraction of sp³-hybridized carbons (Fsp3) is 0.400. The second kappa shape index (κ2) is 6.39. The molecule has 0 atom stereocenters. The van der Waals surface area contributed by atoms with Gasteiger partial charge in [0.2, 0.25) is 5.91 Å². The van der Waals surface area contributed by atoms with Gasteiger partial charge in [0.25, 0.3) is 0 Å². The van der Waals surface area contributed by atoms with Gasteiger partial charge in [-0.15, -0.1) is 0 Å². The van der Waals surface area contributed by atoms with Crippen LogP contribution in [0.15, 0.2) is 18.2 Å². The molecule has 0 saturated heterocycles. The number of Topliss-reactive ketones (excluding diaryl/α,β-unsaturated/α-hetero) is 1. The van der Waals surface area contributed by atoms with Gasteiger partial charge in [0.15, 0.2) is 5.78 Å². The number of carbonyl (C=O) groups excluding carboxylic acids is 2. The van der Waals surface area contributed by atoms with Crippen molar-refractivity contribution in [2.45, 2.75) is 26.2 Å². The predicted octanol–water partition coefficient (Wildman–Crippen LogP) is 1.87. The molecule has 1 aliphatic heterocycles. The maximum Gasteiger partial charge on any atom is 0.303 e. The van der Waals surface area contributed by atoms with Crippen LogP contribution in [0.4, 0.5) is 5.69 Å². The number of carboxylic acid groups (broad SMARTS) is 1. The molecule has 0 saturated carbocycles. The molecule has 1 N–H and O–H groups in total. The number of hydrogen-bond donors (Lipinski definition) is 1. The molecule has 1 heterocycles. The number of benzene rings is 1. The lowest BCUT2D eigenvalue weighted by Gasteiger charge is -2.22. The third kappa shape index (κ3) is 3.59. The highest BCUT2D eigenvalue weighted by molar-refractivity contribution is 5.99. The van der Waals surface area contributed by atoms with Crippen LogP contribution in [-0.4, -0.2) is 35.9 Å². The summed E-state index contributed by atoms with van der Waals surface area (Å²) in [6.45, 7) is 2.03. The Bertz CT molecular complexity index is 581.